The first-order chi connectivity index (χ1) is 12.0. The maximum Gasteiger partial charge on any atom is 0.287 e. The molecule has 2 aromatic rings. The zero-order valence-corrected chi connectivity index (χ0v) is 14.8. The van der Waals surface area contributed by atoms with Gasteiger partial charge in [0.1, 0.15) is 0 Å². The van der Waals surface area contributed by atoms with Crippen LogP contribution in [0.4, 0.5) is 0 Å². The van der Waals surface area contributed by atoms with Crippen molar-refractivity contribution in [2.45, 2.75) is 11.6 Å². The molecule has 0 atom stereocenters. The number of nitrogens with zero attached hydrogens (tertiary/aromatic N) is 1. The molecule has 1 aliphatic rings. The molecular weight excluding hydrogens is 368 g/mol. The lowest BCUT2D eigenvalue weighted by Gasteiger charge is -2.24. The summed E-state index contributed by atoms with van der Waals surface area (Å²) < 4.78 is 36.6. The lowest BCUT2D eigenvalue weighted by Crippen LogP contribution is -2.40. The number of furan rings is 1. The summed E-state index contributed by atoms with van der Waals surface area (Å²) in [4.78, 5) is 12.2. The monoisotopic (exact) mass is 384 g/mol. The number of hydrogen-bond donors (Lipinski definition) is 1. The normalized spacial score (nSPS) is 15.9. The van der Waals surface area contributed by atoms with Gasteiger partial charge in [0.05, 0.1) is 13.2 Å². The van der Waals surface area contributed by atoms with Crippen LogP contribution in [0.25, 0.3) is 0 Å². The van der Waals surface area contributed by atoms with Gasteiger partial charge in [-0.1, -0.05) is 23.7 Å². The minimum atomic E-state index is -3.76. The van der Waals surface area contributed by atoms with E-state index in [1.807, 2.05) is 6.07 Å². The van der Waals surface area contributed by atoms with Crippen LogP contribution in [0.1, 0.15) is 16.1 Å². The van der Waals surface area contributed by atoms with Crippen molar-refractivity contribution in [1.82, 2.24) is 9.62 Å². The largest absolute Gasteiger partial charge is 0.438 e. The lowest BCUT2D eigenvalue weighted by molar-refractivity contribution is 0.0722. The third-order valence-corrected chi connectivity index (χ3v) is 5.72. The number of morpholine rings is 1. The van der Waals surface area contributed by atoms with Crippen molar-refractivity contribution in [1.29, 1.82) is 0 Å². The molecule has 3 rings (SSSR count). The van der Waals surface area contributed by atoms with Crippen molar-refractivity contribution in [2.75, 3.05) is 26.3 Å². The Labute approximate surface area is 150 Å². The maximum absolute atomic E-state index is 12.5. The van der Waals surface area contributed by atoms with Gasteiger partial charge in [-0.2, -0.15) is 4.31 Å². The average molecular weight is 385 g/mol. The molecule has 7 nitrogen and oxygen atoms in total. The van der Waals surface area contributed by atoms with E-state index in [1.54, 1.807) is 18.2 Å². The van der Waals surface area contributed by atoms with Crippen LogP contribution in [-0.4, -0.2) is 44.9 Å². The summed E-state index contributed by atoms with van der Waals surface area (Å²) in [6, 6.07) is 9.71. The maximum atomic E-state index is 12.5. The summed E-state index contributed by atoms with van der Waals surface area (Å²) in [7, 11) is -3.76. The molecule has 9 heteroatoms. The fourth-order valence-electron chi connectivity index (χ4n) is 2.41. The van der Waals surface area contributed by atoms with Gasteiger partial charge >= 0.3 is 0 Å². The van der Waals surface area contributed by atoms with Crippen LogP contribution in [0.5, 0.6) is 0 Å². The molecule has 1 aliphatic heterocycles. The molecule has 1 aromatic heterocycles. The highest BCUT2D eigenvalue weighted by molar-refractivity contribution is 7.89. The number of rotatable bonds is 5. The molecule has 1 fully saturated rings. The molecular formula is C16H17ClN2O5S. The first kappa shape index (κ1) is 17.9. The highest BCUT2D eigenvalue weighted by Crippen LogP contribution is 2.20. The molecule has 0 unspecified atom stereocenters. The summed E-state index contributed by atoms with van der Waals surface area (Å²) >= 11 is 5.89. The minimum Gasteiger partial charge on any atom is -0.438 e. The van der Waals surface area contributed by atoms with Crippen LogP contribution in [0, 0.1) is 0 Å². The smallest absolute Gasteiger partial charge is 0.287 e. The van der Waals surface area contributed by atoms with Gasteiger partial charge in [0.25, 0.3) is 15.9 Å². The van der Waals surface area contributed by atoms with Gasteiger partial charge in [0, 0.05) is 24.7 Å². The van der Waals surface area contributed by atoms with E-state index >= 15 is 0 Å². The molecule has 134 valence electrons. The van der Waals surface area contributed by atoms with Crippen LogP contribution < -0.4 is 5.32 Å². The molecule has 0 radical (unpaired) electrons. The van der Waals surface area contributed by atoms with Crippen molar-refractivity contribution in [3.8, 4) is 0 Å². The Balaban J connectivity index is 1.67. The van der Waals surface area contributed by atoms with Crippen molar-refractivity contribution in [3.63, 3.8) is 0 Å². The fraction of sp³-hybridized carbons (Fsp3) is 0.312. The predicted octanol–water partition coefficient (Wildman–Crippen LogP) is 1.88. The summed E-state index contributed by atoms with van der Waals surface area (Å²) in [6.45, 7) is 1.46. The van der Waals surface area contributed by atoms with Gasteiger partial charge in [-0.3, -0.25) is 4.79 Å². The summed E-state index contributed by atoms with van der Waals surface area (Å²) in [6.07, 6.45) is 0. The van der Waals surface area contributed by atoms with Crippen LogP contribution in [0.15, 0.2) is 45.9 Å². The Kier molecular flexibility index (Phi) is 5.43. The van der Waals surface area contributed by atoms with Gasteiger partial charge in [-0.25, -0.2) is 8.42 Å². The van der Waals surface area contributed by atoms with Gasteiger partial charge in [-0.15, -0.1) is 0 Å². The molecule has 0 bridgehead atoms. The van der Waals surface area contributed by atoms with E-state index in [9.17, 15) is 13.2 Å². The van der Waals surface area contributed by atoms with Crippen LogP contribution in [0.3, 0.4) is 0 Å². The first-order valence-corrected chi connectivity index (χ1v) is 9.49. The van der Waals surface area contributed by atoms with Crippen molar-refractivity contribution < 1.29 is 22.4 Å². The lowest BCUT2D eigenvalue weighted by atomic mass is 10.2. The highest BCUT2D eigenvalue weighted by Gasteiger charge is 2.29. The molecule has 1 aromatic carbocycles. The second kappa shape index (κ2) is 7.57. The number of nitrogens with one attached hydrogen (secondary N) is 1. The van der Waals surface area contributed by atoms with Crippen molar-refractivity contribution in [3.05, 3.63) is 52.7 Å². The second-order valence-electron chi connectivity index (χ2n) is 5.45. The number of amides is 1. The third-order valence-electron chi connectivity index (χ3n) is 3.71. The fourth-order valence-corrected chi connectivity index (χ4v) is 3.94. The summed E-state index contributed by atoms with van der Waals surface area (Å²) in [5.74, 6) is -0.558. The van der Waals surface area contributed by atoms with E-state index in [0.717, 1.165) is 5.56 Å². The number of ether oxygens (including phenoxy) is 1. The number of hydrogen-bond acceptors (Lipinski definition) is 5. The Morgan fingerprint density at radius 1 is 1.20 bits per heavy atom. The molecule has 0 spiro atoms. The molecule has 2 heterocycles. The number of carbonyl (C=O) groups is 1. The SMILES string of the molecule is O=C(NCc1cccc(Cl)c1)c1ccc(S(=O)(=O)N2CCOCC2)o1. The molecule has 1 amide bonds. The van der Waals surface area contributed by atoms with Gasteiger partial charge in [0.15, 0.2) is 5.76 Å². The third kappa shape index (κ3) is 4.21. The van der Waals surface area contributed by atoms with E-state index in [-0.39, 0.29) is 30.5 Å². The van der Waals surface area contributed by atoms with E-state index < -0.39 is 15.9 Å². The molecule has 0 saturated carbocycles. The topological polar surface area (TPSA) is 88.9 Å². The minimum absolute atomic E-state index is 0.0612. The molecule has 1 N–H and O–H groups in total. The number of sulfonamides is 1. The van der Waals surface area contributed by atoms with Crippen molar-refractivity contribution >= 4 is 27.5 Å². The Morgan fingerprint density at radius 3 is 2.68 bits per heavy atom. The number of carbonyl (C=O) groups excluding carboxylic acids is 1. The standard InChI is InChI=1S/C16H17ClN2O5S/c17-13-3-1-2-12(10-13)11-18-16(20)14-4-5-15(24-14)25(21,22)19-6-8-23-9-7-19/h1-5,10H,6-9,11H2,(H,18,20). The van der Waals surface area contributed by atoms with E-state index in [4.69, 9.17) is 20.8 Å². The quantitative estimate of drug-likeness (QED) is 0.850. The first-order valence-electron chi connectivity index (χ1n) is 7.67. The van der Waals surface area contributed by atoms with Crippen molar-refractivity contribution in [2.24, 2.45) is 0 Å². The van der Waals surface area contributed by atoms with E-state index in [0.29, 0.717) is 18.2 Å². The summed E-state index contributed by atoms with van der Waals surface area (Å²) in [5.41, 5.74) is 0.827. The zero-order valence-electron chi connectivity index (χ0n) is 13.3. The average Bonchev–Trinajstić information content (AvgIpc) is 3.11. The molecule has 1 saturated heterocycles. The predicted molar refractivity (Wildman–Crippen MR) is 90.9 cm³/mol. The van der Waals surface area contributed by atoms with Crippen LogP contribution in [0.2, 0.25) is 5.02 Å². The van der Waals surface area contributed by atoms with Crippen LogP contribution in [-0.2, 0) is 21.3 Å². The second-order valence-corrected chi connectivity index (χ2v) is 7.75. The van der Waals surface area contributed by atoms with E-state index in [1.165, 1.54) is 16.4 Å². The summed E-state index contributed by atoms with van der Waals surface area (Å²) in [5, 5.41) is 2.99. The molecule has 25 heavy (non-hydrogen) atoms. The highest BCUT2D eigenvalue weighted by atomic mass is 35.5. The Bertz CT molecular complexity index is 859. The van der Waals surface area contributed by atoms with Gasteiger partial charge in [-0.05, 0) is 29.8 Å². The zero-order chi connectivity index (χ0) is 17.9. The van der Waals surface area contributed by atoms with Crippen LogP contribution >= 0.6 is 11.6 Å². The number of halogens is 1. The van der Waals surface area contributed by atoms with Gasteiger partial charge < -0.3 is 14.5 Å². The van der Waals surface area contributed by atoms with E-state index in [2.05, 4.69) is 5.32 Å². The number of benzene rings is 1. The molecule has 0 aliphatic carbocycles. The Morgan fingerprint density at radius 2 is 1.96 bits per heavy atom. The van der Waals surface area contributed by atoms with Gasteiger partial charge in [0.2, 0.25) is 5.09 Å². The Hall–Kier alpha value is -1.87.